The van der Waals surface area contributed by atoms with E-state index in [0.717, 1.165) is 5.39 Å². The van der Waals surface area contributed by atoms with E-state index in [1.807, 2.05) is 6.07 Å². The first kappa shape index (κ1) is 17.7. The van der Waals surface area contributed by atoms with Gasteiger partial charge in [-0.15, -0.1) is 0 Å². The van der Waals surface area contributed by atoms with E-state index in [1.165, 1.54) is 26.4 Å². The van der Waals surface area contributed by atoms with Crippen molar-refractivity contribution >= 4 is 22.6 Å². The van der Waals surface area contributed by atoms with Crippen molar-refractivity contribution in [3.8, 4) is 5.82 Å². The van der Waals surface area contributed by atoms with Crippen LogP contribution in [0.3, 0.4) is 0 Å². The number of halogens is 1. The minimum absolute atomic E-state index is 0.128. The van der Waals surface area contributed by atoms with Crippen LogP contribution in [0.15, 0.2) is 37.1 Å². The predicted octanol–water partition coefficient (Wildman–Crippen LogP) is 1.24. The van der Waals surface area contributed by atoms with E-state index < -0.39 is 17.7 Å². The first-order valence-corrected chi connectivity index (χ1v) is 7.95. The Bertz CT molecular complexity index is 950. The Balaban J connectivity index is 1.80. The van der Waals surface area contributed by atoms with Crippen LogP contribution in [0.5, 0.6) is 0 Å². The molecule has 0 aliphatic heterocycles. The number of nitrogens with two attached hydrogens (primary N) is 1. The zero-order valence-corrected chi connectivity index (χ0v) is 14.3. The van der Waals surface area contributed by atoms with Crippen molar-refractivity contribution in [2.45, 2.75) is 25.6 Å². The van der Waals surface area contributed by atoms with E-state index in [-0.39, 0.29) is 17.8 Å². The molecule has 0 radical (unpaired) electrons. The summed E-state index contributed by atoms with van der Waals surface area (Å²) < 4.78 is 15.5. The second kappa shape index (κ2) is 6.68. The molecule has 3 aromatic rings. The zero-order valence-electron chi connectivity index (χ0n) is 14.3. The van der Waals surface area contributed by atoms with E-state index in [0.29, 0.717) is 11.5 Å². The number of hydrogen-bond donors (Lipinski definition) is 3. The highest BCUT2D eigenvalue weighted by atomic mass is 19.1. The maximum absolute atomic E-state index is 13.8. The first-order valence-electron chi connectivity index (χ1n) is 7.95. The average Bonchev–Trinajstić information content (AvgIpc) is 3.02. The van der Waals surface area contributed by atoms with Crippen LogP contribution < -0.4 is 11.1 Å². The molecular weight excluding hydrogens is 339 g/mol. The van der Waals surface area contributed by atoms with Crippen molar-refractivity contribution in [2.75, 3.05) is 12.3 Å². The van der Waals surface area contributed by atoms with E-state index in [2.05, 4.69) is 20.3 Å². The average molecular weight is 358 g/mol. The molecule has 0 saturated carbocycles. The number of hydrogen-bond acceptors (Lipinski definition) is 6. The van der Waals surface area contributed by atoms with Crippen molar-refractivity contribution in [1.29, 1.82) is 0 Å². The number of pyridine rings is 1. The van der Waals surface area contributed by atoms with Gasteiger partial charge >= 0.3 is 0 Å². The molecule has 0 saturated heterocycles. The highest BCUT2D eigenvalue weighted by Gasteiger charge is 2.27. The molecule has 0 fully saturated rings. The molecule has 3 rings (SSSR count). The fourth-order valence-corrected chi connectivity index (χ4v) is 2.37. The van der Waals surface area contributed by atoms with Crippen molar-refractivity contribution in [3.63, 3.8) is 0 Å². The molecular formula is C17H19FN6O2. The quantitative estimate of drug-likeness (QED) is 0.631. The third kappa shape index (κ3) is 3.47. The summed E-state index contributed by atoms with van der Waals surface area (Å²) >= 11 is 0. The fourth-order valence-electron chi connectivity index (χ4n) is 2.37. The second-order valence-corrected chi connectivity index (χ2v) is 6.45. The normalized spacial score (nSPS) is 12.9. The molecule has 8 nitrogen and oxygen atoms in total. The molecule has 9 heteroatoms. The predicted molar refractivity (Wildman–Crippen MR) is 94.6 cm³/mol. The van der Waals surface area contributed by atoms with Gasteiger partial charge in [0.1, 0.15) is 24.0 Å². The highest BCUT2D eigenvalue weighted by Crippen LogP contribution is 2.20. The Morgan fingerprint density at radius 2 is 2.19 bits per heavy atom. The summed E-state index contributed by atoms with van der Waals surface area (Å²) in [6.45, 7) is 2.33. The molecule has 1 atom stereocenters. The molecule has 1 amide bonds. The number of aliphatic hydroxyl groups is 1. The lowest BCUT2D eigenvalue weighted by molar-refractivity contribution is -0.00177. The number of nitrogens with zero attached hydrogens (tertiary/aromatic N) is 4. The Kier molecular flexibility index (Phi) is 4.56. The molecule has 0 bridgehead atoms. The van der Waals surface area contributed by atoms with Crippen molar-refractivity contribution in [3.05, 3.63) is 42.6 Å². The number of anilines is 1. The standard InChI is InChI=1S/C17H19FN6O2/c1-17(2,26)13(18)8-22-16(25)11-7-21-14(5-12(11)19)24-4-3-10-6-20-9-23-15(10)24/h3-7,9,13,26H,8H2,1-2H3,(H2,19,21)(H,22,25). The van der Waals surface area contributed by atoms with Gasteiger partial charge in [0, 0.05) is 35.7 Å². The summed E-state index contributed by atoms with van der Waals surface area (Å²) in [5, 5.41) is 12.8. The molecule has 3 heterocycles. The molecule has 26 heavy (non-hydrogen) atoms. The summed E-state index contributed by atoms with van der Waals surface area (Å²) in [6.07, 6.45) is 4.60. The molecule has 1 unspecified atom stereocenters. The van der Waals surface area contributed by atoms with Gasteiger partial charge in [0.15, 0.2) is 0 Å². The maximum Gasteiger partial charge on any atom is 0.255 e. The lowest BCUT2D eigenvalue weighted by atomic mass is 10.0. The number of rotatable bonds is 5. The number of aromatic nitrogens is 4. The molecule has 4 N–H and O–H groups in total. The summed E-state index contributed by atoms with van der Waals surface area (Å²) in [5.74, 6) is -0.0688. The van der Waals surface area contributed by atoms with E-state index in [1.54, 1.807) is 23.0 Å². The monoisotopic (exact) mass is 358 g/mol. The Morgan fingerprint density at radius 1 is 1.42 bits per heavy atom. The summed E-state index contributed by atoms with van der Waals surface area (Å²) in [4.78, 5) is 24.6. The third-order valence-corrected chi connectivity index (χ3v) is 3.97. The zero-order chi connectivity index (χ0) is 18.9. The Hall–Kier alpha value is -3.07. The SMILES string of the molecule is CC(C)(O)C(F)CNC(=O)c1cnc(-n2ccc3cncnc32)cc1N. The number of alkyl halides is 1. The van der Waals surface area contributed by atoms with Crippen LogP contribution in [-0.2, 0) is 0 Å². The van der Waals surface area contributed by atoms with Gasteiger partial charge in [-0.1, -0.05) is 0 Å². The lowest BCUT2D eigenvalue weighted by Gasteiger charge is -2.22. The van der Waals surface area contributed by atoms with Crippen LogP contribution in [0.2, 0.25) is 0 Å². The van der Waals surface area contributed by atoms with Gasteiger partial charge < -0.3 is 16.2 Å². The number of carbonyl (C=O) groups is 1. The van der Waals surface area contributed by atoms with E-state index in [4.69, 9.17) is 5.73 Å². The van der Waals surface area contributed by atoms with E-state index >= 15 is 0 Å². The summed E-state index contributed by atoms with van der Waals surface area (Å²) in [7, 11) is 0. The van der Waals surface area contributed by atoms with Crippen molar-refractivity contribution < 1.29 is 14.3 Å². The number of nitrogens with one attached hydrogen (secondary N) is 1. The van der Waals surface area contributed by atoms with Crippen LogP contribution in [0.1, 0.15) is 24.2 Å². The second-order valence-electron chi connectivity index (χ2n) is 6.45. The largest absolute Gasteiger partial charge is 0.398 e. The number of nitrogen functional groups attached to an aromatic ring is 1. The minimum atomic E-state index is -1.61. The highest BCUT2D eigenvalue weighted by molar-refractivity contribution is 5.99. The van der Waals surface area contributed by atoms with Crippen molar-refractivity contribution in [1.82, 2.24) is 24.8 Å². The third-order valence-electron chi connectivity index (χ3n) is 3.97. The van der Waals surface area contributed by atoms with Gasteiger partial charge in [-0.3, -0.25) is 9.36 Å². The maximum atomic E-state index is 13.8. The Morgan fingerprint density at radius 3 is 2.88 bits per heavy atom. The number of carbonyl (C=O) groups excluding carboxylic acids is 1. The van der Waals surface area contributed by atoms with Gasteiger partial charge in [0.2, 0.25) is 0 Å². The van der Waals surface area contributed by atoms with Crippen LogP contribution in [0.4, 0.5) is 10.1 Å². The molecule has 3 aromatic heterocycles. The van der Waals surface area contributed by atoms with Gasteiger partial charge in [0.25, 0.3) is 5.91 Å². The van der Waals surface area contributed by atoms with Gasteiger partial charge in [-0.25, -0.2) is 19.3 Å². The minimum Gasteiger partial charge on any atom is -0.398 e. The molecule has 0 spiro atoms. The van der Waals surface area contributed by atoms with Crippen molar-refractivity contribution in [2.24, 2.45) is 0 Å². The Labute approximate surface area is 148 Å². The smallest absolute Gasteiger partial charge is 0.255 e. The lowest BCUT2D eigenvalue weighted by Crippen LogP contribution is -2.42. The topological polar surface area (TPSA) is 119 Å². The van der Waals surface area contributed by atoms with E-state index in [9.17, 15) is 14.3 Å². The van der Waals surface area contributed by atoms with Crippen LogP contribution in [-0.4, -0.2) is 48.9 Å². The molecule has 0 aliphatic rings. The van der Waals surface area contributed by atoms with Gasteiger partial charge in [0.05, 0.1) is 17.7 Å². The summed E-state index contributed by atoms with van der Waals surface area (Å²) in [6, 6.07) is 3.38. The van der Waals surface area contributed by atoms with Gasteiger partial charge in [-0.05, 0) is 19.9 Å². The molecule has 136 valence electrons. The van der Waals surface area contributed by atoms with Crippen LogP contribution in [0, 0.1) is 0 Å². The van der Waals surface area contributed by atoms with Crippen LogP contribution in [0.25, 0.3) is 16.9 Å². The van der Waals surface area contributed by atoms with Gasteiger partial charge in [-0.2, -0.15) is 0 Å². The molecule has 0 aliphatic carbocycles. The fraction of sp³-hybridized carbons (Fsp3) is 0.294. The molecule has 0 aromatic carbocycles. The first-order chi connectivity index (χ1) is 12.3. The summed E-state index contributed by atoms with van der Waals surface area (Å²) in [5.41, 5.74) is 5.42. The number of fused-ring (bicyclic) bond motifs is 1. The van der Waals surface area contributed by atoms with Crippen LogP contribution >= 0.6 is 0 Å². The number of amides is 1.